The lowest BCUT2D eigenvalue weighted by Crippen LogP contribution is -2.12. The molecular weight excluding hydrogens is 180 g/mol. The van der Waals surface area contributed by atoms with E-state index >= 15 is 0 Å². The second kappa shape index (κ2) is 5.40. The maximum absolute atomic E-state index is 10.6. The molecule has 0 spiro atoms. The van der Waals surface area contributed by atoms with Crippen LogP contribution in [-0.4, -0.2) is 19.7 Å². The molecule has 0 unspecified atom stereocenters. The predicted molar refractivity (Wildman–Crippen MR) is 52.8 cm³/mol. The van der Waals surface area contributed by atoms with Crippen molar-refractivity contribution < 1.29 is 14.3 Å². The van der Waals surface area contributed by atoms with Gasteiger partial charge in [-0.25, -0.2) is 0 Å². The van der Waals surface area contributed by atoms with Crippen molar-refractivity contribution in [3.05, 3.63) is 35.9 Å². The van der Waals surface area contributed by atoms with E-state index in [-0.39, 0.29) is 18.7 Å². The largest absolute Gasteiger partial charge is 0.463 e. The van der Waals surface area contributed by atoms with Crippen LogP contribution in [0.5, 0.6) is 0 Å². The minimum Gasteiger partial charge on any atom is -0.463 e. The predicted octanol–water partition coefficient (Wildman–Crippen LogP) is 1.94. The van der Waals surface area contributed by atoms with E-state index in [4.69, 9.17) is 9.47 Å². The highest BCUT2D eigenvalue weighted by molar-refractivity contribution is 5.65. The van der Waals surface area contributed by atoms with Crippen LogP contribution in [0.2, 0.25) is 0 Å². The standard InChI is InChI=1S/C11H14O3/c1-9(12)14-8-11(13-2)10-6-4-3-5-7-10/h3-7,11H,8H2,1-2H3/t11-/m1/s1. The Hall–Kier alpha value is -1.35. The molecule has 0 saturated carbocycles. The molecular formula is C11H14O3. The summed E-state index contributed by atoms with van der Waals surface area (Å²) in [5, 5.41) is 0. The minimum atomic E-state index is -0.289. The SMILES string of the molecule is CO[C@H](COC(C)=O)c1ccccc1. The first kappa shape index (κ1) is 10.7. The second-order valence-corrected chi connectivity index (χ2v) is 2.94. The van der Waals surface area contributed by atoms with Crippen molar-refractivity contribution in [2.45, 2.75) is 13.0 Å². The Bertz CT molecular complexity index is 282. The first-order valence-electron chi connectivity index (χ1n) is 4.45. The van der Waals surface area contributed by atoms with E-state index < -0.39 is 0 Å². The van der Waals surface area contributed by atoms with Crippen LogP contribution in [0.3, 0.4) is 0 Å². The lowest BCUT2D eigenvalue weighted by molar-refractivity contribution is -0.144. The van der Waals surface area contributed by atoms with Gasteiger partial charge >= 0.3 is 5.97 Å². The molecule has 0 aliphatic heterocycles. The number of methoxy groups -OCH3 is 1. The summed E-state index contributed by atoms with van der Waals surface area (Å²) in [6, 6.07) is 9.67. The number of rotatable bonds is 4. The number of hydrogen-bond acceptors (Lipinski definition) is 3. The zero-order valence-electron chi connectivity index (χ0n) is 8.40. The molecule has 0 heterocycles. The molecule has 1 aromatic carbocycles. The lowest BCUT2D eigenvalue weighted by Gasteiger charge is -2.14. The van der Waals surface area contributed by atoms with Gasteiger partial charge in [0.2, 0.25) is 0 Å². The van der Waals surface area contributed by atoms with E-state index in [0.717, 1.165) is 5.56 Å². The van der Waals surface area contributed by atoms with Gasteiger partial charge in [-0.2, -0.15) is 0 Å². The fraction of sp³-hybridized carbons (Fsp3) is 0.364. The maximum Gasteiger partial charge on any atom is 0.302 e. The molecule has 0 aliphatic carbocycles. The van der Waals surface area contributed by atoms with Gasteiger partial charge < -0.3 is 9.47 Å². The number of carbonyl (C=O) groups excluding carboxylic acids is 1. The average molecular weight is 194 g/mol. The molecule has 0 bridgehead atoms. The number of esters is 1. The first-order chi connectivity index (χ1) is 6.74. The molecule has 1 atom stereocenters. The van der Waals surface area contributed by atoms with Gasteiger partial charge in [-0.05, 0) is 5.56 Å². The Balaban J connectivity index is 2.58. The fourth-order valence-corrected chi connectivity index (χ4v) is 1.16. The van der Waals surface area contributed by atoms with E-state index in [9.17, 15) is 4.79 Å². The van der Waals surface area contributed by atoms with Crippen LogP contribution in [0.4, 0.5) is 0 Å². The Labute approximate surface area is 83.6 Å². The highest BCUT2D eigenvalue weighted by Gasteiger charge is 2.10. The highest BCUT2D eigenvalue weighted by atomic mass is 16.6. The smallest absolute Gasteiger partial charge is 0.302 e. The fourth-order valence-electron chi connectivity index (χ4n) is 1.16. The van der Waals surface area contributed by atoms with E-state index in [1.54, 1.807) is 7.11 Å². The minimum absolute atomic E-state index is 0.180. The van der Waals surface area contributed by atoms with E-state index in [1.807, 2.05) is 30.3 Å². The molecule has 3 heteroatoms. The molecule has 0 radical (unpaired) electrons. The summed E-state index contributed by atoms with van der Waals surface area (Å²) in [6.07, 6.45) is -0.180. The van der Waals surface area contributed by atoms with Gasteiger partial charge in [0.1, 0.15) is 12.7 Å². The molecule has 76 valence electrons. The molecule has 1 aromatic rings. The number of benzene rings is 1. The summed E-state index contributed by atoms with van der Waals surface area (Å²) in [6.45, 7) is 1.65. The van der Waals surface area contributed by atoms with Gasteiger partial charge in [-0.1, -0.05) is 30.3 Å². The van der Waals surface area contributed by atoms with Crippen LogP contribution < -0.4 is 0 Å². The number of hydrogen-bond donors (Lipinski definition) is 0. The van der Waals surface area contributed by atoms with Crippen molar-refractivity contribution in [3.63, 3.8) is 0 Å². The second-order valence-electron chi connectivity index (χ2n) is 2.94. The van der Waals surface area contributed by atoms with Crippen molar-refractivity contribution in [1.29, 1.82) is 0 Å². The molecule has 0 fully saturated rings. The monoisotopic (exact) mass is 194 g/mol. The zero-order chi connectivity index (χ0) is 10.4. The van der Waals surface area contributed by atoms with Crippen LogP contribution >= 0.6 is 0 Å². The third-order valence-corrected chi connectivity index (χ3v) is 1.89. The first-order valence-corrected chi connectivity index (χ1v) is 4.45. The molecule has 3 nitrogen and oxygen atoms in total. The van der Waals surface area contributed by atoms with Gasteiger partial charge in [0, 0.05) is 14.0 Å². The maximum atomic E-state index is 10.6. The van der Waals surface area contributed by atoms with E-state index in [2.05, 4.69) is 0 Å². The summed E-state index contributed by atoms with van der Waals surface area (Å²) in [5.41, 5.74) is 1.01. The Morgan fingerprint density at radius 2 is 2.00 bits per heavy atom. The summed E-state index contributed by atoms with van der Waals surface area (Å²) in [4.78, 5) is 10.6. The topological polar surface area (TPSA) is 35.5 Å². The molecule has 0 saturated heterocycles. The third-order valence-electron chi connectivity index (χ3n) is 1.89. The molecule has 0 amide bonds. The number of carbonyl (C=O) groups is 1. The van der Waals surface area contributed by atoms with Crippen LogP contribution in [0.1, 0.15) is 18.6 Å². The lowest BCUT2D eigenvalue weighted by atomic mass is 10.1. The third kappa shape index (κ3) is 3.18. The van der Waals surface area contributed by atoms with Crippen LogP contribution in [-0.2, 0) is 14.3 Å². The van der Waals surface area contributed by atoms with Gasteiger partial charge in [-0.15, -0.1) is 0 Å². The zero-order valence-corrected chi connectivity index (χ0v) is 8.40. The Morgan fingerprint density at radius 1 is 1.36 bits per heavy atom. The highest BCUT2D eigenvalue weighted by Crippen LogP contribution is 2.16. The van der Waals surface area contributed by atoms with Gasteiger partial charge in [0.25, 0.3) is 0 Å². The summed E-state index contributed by atoms with van der Waals surface area (Å²) >= 11 is 0. The van der Waals surface area contributed by atoms with Crippen LogP contribution in [0.15, 0.2) is 30.3 Å². The van der Waals surface area contributed by atoms with E-state index in [0.29, 0.717) is 0 Å². The van der Waals surface area contributed by atoms with E-state index in [1.165, 1.54) is 6.92 Å². The summed E-state index contributed by atoms with van der Waals surface area (Å²) in [5.74, 6) is -0.289. The van der Waals surface area contributed by atoms with Crippen LogP contribution in [0.25, 0.3) is 0 Å². The molecule has 1 rings (SSSR count). The molecule has 14 heavy (non-hydrogen) atoms. The Kier molecular flexibility index (Phi) is 4.13. The van der Waals surface area contributed by atoms with Gasteiger partial charge in [0.05, 0.1) is 0 Å². The normalized spacial score (nSPS) is 12.1. The molecule has 0 aliphatic rings. The van der Waals surface area contributed by atoms with Crippen molar-refractivity contribution >= 4 is 5.97 Å². The van der Waals surface area contributed by atoms with Crippen molar-refractivity contribution in [1.82, 2.24) is 0 Å². The van der Waals surface area contributed by atoms with Gasteiger partial charge in [0.15, 0.2) is 0 Å². The summed E-state index contributed by atoms with van der Waals surface area (Å²) in [7, 11) is 1.60. The Morgan fingerprint density at radius 3 is 2.50 bits per heavy atom. The average Bonchev–Trinajstić information content (AvgIpc) is 2.20. The number of ether oxygens (including phenoxy) is 2. The van der Waals surface area contributed by atoms with Crippen molar-refractivity contribution in [3.8, 4) is 0 Å². The summed E-state index contributed by atoms with van der Waals surface area (Å²) < 4.78 is 10.1. The van der Waals surface area contributed by atoms with Crippen LogP contribution in [0, 0.1) is 0 Å². The molecule has 0 aromatic heterocycles. The van der Waals surface area contributed by atoms with Gasteiger partial charge in [-0.3, -0.25) is 4.79 Å². The molecule has 0 N–H and O–H groups in total. The van der Waals surface area contributed by atoms with Crippen molar-refractivity contribution in [2.24, 2.45) is 0 Å². The van der Waals surface area contributed by atoms with Crippen molar-refractivity contribution in [2.75, 3.05) is 13.7 Å². The quantitative estimate of drug-likeness (QED) is 0.687.